The molecule has 1 amide bonds. The summed E-state index contributed by atoms with van der Waals surface area (Å²) in [6, 6.07) is -1.70. The molecule has 6 fully saturated rings. The molecule has 0 saturated carbocycles. The minimum atomic E-state index is -2.07. The van der Waals surface area contributed by atoms with Crippen LogP contribution >= 0.6 is 0 Å². The van der Waals surface area contributed by atoms with E-state index in [2.05, 4.69) is 5.32 Å². The van der Waals surface area contributed by atoms with E-state index in [0.29, 0.717) is 0 Å². The highest BCUT2D eigenvalue weighted by atomic mass is 16.8. The van der Waals surface area contributed by atoms with Crippen LogP contribution in [0.4, 0.5) is 0 Å². The summed E-state index contributed by atoms with van der Waals surface area (Å²) in [5, 5.41) is 164. The molecule has 384 valence electrons. The first-order valence-electron chi connectivity index (χ1n) is 21.5. The van der Waals surface area contributed by atoms with Gasteiger partial charge in [-0.15, -0.1) is 0 Å². The molecule has 28 heteroatoms. The molecule has 6 saturated heterocycles. The second-order valence-corrected chi connectivity index (χ2v) is 17.4. The molecule has 16 N–H and O–H groups in total. The third kappa shape index (κ3) is 11.0. The fourth-order valence-corrected chi connectivity index (χ4v) is 8.66. The molecule has 0 radical (unpaired) electrons. The lowest BCUT2D eigenvalue weighted by atomic mass is 9.94. The number of hydrogen-bond donors (Lipinski definition) is 16. The van der Waals surface area contributed by atoms with Gasteiger partial charge in [-0.1, -0.05) is 0 Å². The van der Waals surface area contributed by atoms with Crippen LogP contribution in [0.1, 0.15) is 34.6 Å². The number of carbonyl (C=O) groups is 1. The minimum Gasteiger partial charge on any atom is -0.394 e. The van der Waals surface area contributed by atoms with Crippen LogP contribution in [0.3, 0.4) is 0 Å². The zero-order valence-electron chi connectivity index (χ0n) is 36.3. The number of nitrogens with one attached hydrogen (secondary N) is 1. The predicted octanol–water partition coefficient (Wildman–Crippen LogP) is -9.85. The van der Waals surface area contributed by atoms with E-state index in [9.17, 15) is 81.4 Å². The normalized spacial score (nSPS) is 53.9. The van der Waals surface area contributed by atoms with Gasteiger partial charge in [-0.25, -0.2) is 0 Å². The quantitative estimate of drug-likeness (QED) is 0.0815. The zero-order valence-corrected chi connectivity index (χ0v) is 36.3. The van der Waals surface area contributed by atoms with E-state index in [1.807, 2.05) is 0 Å². The van der Waals surface area contributed by atoms with Crippen LogP contribution in [0.2, 0.25) is 0 Å². The van der Waals surface area contributed by atoms with Gasteiger partial charge in [0.15, 0.2) is 37.7 Å². The highest BCUT2D eigenvalue weighted by Crippen LogP contribution is 2.37. The zero-order chi connectivity index (χ0) is 48.8. The lowest BCUT2D eigenvalue weighted by Crippen LogP contribution is -2.70. The van der Waals surface area contributed by atoms with Crippen molar-refractivity contribution < 1.29 is 133 Å². The van der Waals surface area contributed by atoms with Crippen LogP contribution < -0.4 is 5.32 Å². The minimum absolute atomic E-state index is 0.805. The summed E-state index contributed by atoms with van der Waals surface area (Å²) >= 11 is 0. The first kappa shape index (κ1) is 53.8. The fraction of sp³-hybridized carbons (Fsp3) is 0.974. The van der Waals surface area contributed by atoms with Crippen molar-refractivity contribution in [2.75, 3.05) is 13.2 Å². The molecule has 66 heavy (non-hydrogen) atoms. The summed E-state index contributed by atoms with van der Waals surface area (Å²) in [5.74, 6) is -0.805. The number of hydrogen-bond acceptors (Lipinski definition) is 27. The molecule has 0 aromatic carbocycles. The number of aliphatic hydroxyl groups is 15. The van der Waals surface area contributed by atoms with E-state index in [4.69, 9.17) is 52.1 Å². The Morgan fingerprint density at radius 3 is 1.29 bits per heavy atom. The lowest BCUT2D eigenvalue weighted by Gasteiger charge is -2.51. The summed E-state index contributed by atoms with van der Waals surface area (Å²) in [6.45, 7) is 4.57. The molecular weight excluding hydrogens is 902 g/mol. The van der Waals surface area contributed by atoms with Crippen LogP contribution in [0.15, 0.2) is 0 Å². The molecule has 0 spiro atoms. The Labute approximate surface area is 376 Å². The first-order valence-corrected chi connectivity index (χ1v) is 21.5. The first-order chi connectivity index (χ1) is 31.0. The van der Waals surface area contributed by atoms with E-state index >= 15 is 0 Å². The summed E-state index contributed by atoms with van der Waals surface area (Å²) in [6.07, 6.45) is -49.7. The third-order valence-electron chi connectivity index (χ3n) is 12.7. The SMILES string of the molecule is CC(=O)N[C@H]1[C@@H](O[C@@H]2[C@@H](O)[C@H](C)O[C@@H](O[C@@H]3[C@@H](O)[C@H](C)O[C@@H](O)[C@@H]3O)[C@@H]2O)O[C@H](CO)[C@@H](O)[C@@H]1O[C@H]1O[C@H](CO)[C@H](O)[C@H](O)[C@H]1O[C@@H]1O[C@@H](C)[C@H](O)[C@@H](O[C@@H]2O[C@@H](C)[C@H](O)[C@@H](O)[C@H]2O)[C@H]1O. The van der Waals surface area contributed by atoms with Crippen molar-refractivity contribution in [2.24, 2.45) is 0 Å². The smallest absolute Gasteiger partial charge is 0.217 e. The molecule has 6 heterocycles. The van der Waals surface area contributed by atoms with E-state index in [1.54, 1.807) is 0 Å². The number of amides is 1. The fourth-order valence-electron chi connectivity index (χ4n) is 8.66. The van der Waals surface area contributed by atoms with Crippen LogP contribution in [0.25, 0.3) is 0 Å². The standard InChI is InChI=1S/C38H65NO27/c1-8-16(43)22(49)24(51)35(57-8)65-31-19(46)11(4)59-37(27(31)54)66-32-23(50)20(47)13(6-40)61-38(32)62-28-15(39-12(5)42)34(60-14(7-41)21(28)48)63-30-18(45)10(3)58-36(26(30)53)64-29-17(44)9(2)56-33(55)25(29)52/h8-11,13-38,40-41,43-55H,6-7H2,1-5H3,(H,39,42)/t8-,9-,10-,11-,13+,14+,15+,16-,17-,18-,19-,20-,21+,22+,23-,24+,25+,26+,27+,28+,29+,30+,31+,32+,33+,34+,35-,36-,37-,38+/m0/s1. The Bertz CT molecular complexity index is 1550. The van der Waals surface area contributed by atoms with Crippen molar-refractivity contribution in [1.29, 1.82) is 0 Å². The van der Waals surface area contributed by atoms with Gasteiger partial charge in [-0.2, -0.15) is 0 Å². The van der Waals surface area contributed by atoms with Crippen molar-refractivity contribution in [3.63, 3.8) is 0 Å². The van der Waals surface area contributed by atoms with E-state index in [1.165, 1.54) is 27.7 Å². The maximum atomic E-state index is 12.8. The van der Waals surface area contributed by atoms with Crippen molar-refractivity contribution in [3.8, 4) is 0 Å². The maximum Gasteiger partial charge on any atom is 0.217 e. The van der Waals surface area contributed by atoms with Gasteiger partial charge in [0.1, 0.15) is 122 Å². The van der Waals surface area contributed by atoms with Gasteiger partial charge in [0.25, 0.3) is 0 Å². The average Bonchev–Trinajstić information content (AvgIpc) is 3.27. The van der Waals surface area contributed by atoms with Crippen LogP contribution in [0.5, 0.6) is 0 Å². The highest BCUT2D eigenvalue weighted by molar-refractivity contribution is 5.73. The average molecular weight is 968 g/mol. The van der Waals surface area contributed by atoms with Gasteiger partial charge in [-0.05, 0) is 27.7 Å². The Balaban J connectivity index is 1.26. The number of ether oxygens (including phenoxy) is 11. The van der Waals surface area contributed by atoms with Crippen molar-refractivity contribution in [1.82, 2.24) is 5.32 Å². The summed E-state index contributed by atoms with van der Waals surface area (Å²) in [5.41, 5.74) is 0. The molecule has 0 aliphatic carbocycles. The van der Waals surface area contributed by atoms with Gasteiger partial charge in [0.2, 0.25) is 5.91 Å². The Kier molecular flexibility index (Phi) is 18.1. The molecule has 0 unspecified atom stereocenters. The second-order valence-electron chi connectivity index (χ2n) is 17.4. The van der Waals surface area contributed by atoms with Crippen LogP contribution in [-0.4, -0.2) is 280 Å². The molecule has 0 bridgehead atoms. The number of carbonyl (C=O) groups excluding carboxylic acids is 1. The number of aliphatic hydroxyl groups excluding tert-OH is 15. The van der Waals surface area contributed by atoms with Gasteiger partial charge >= 0.3 is 0 Å². The van der Waals surface area contributed by atoms with Gasteiger partial charge in [-0.3, -0.25) is 4.79 Å². The topological polar surface area (TPSA) is 434 Å². The van der Waals surface area contributed by atoms with Gasteiger partial charge in [0.05, 0.1) is 37.6 Å². The van der Waals surface area contributed by atoms with Crippen molar-refractivity contribution in [2.45, 2.75) is 219 Å². The van der Waals surface area contributed by atoms with Gasteiger partial charge in [0, 0.05) is 6.92 Å². The molecule has 30 atom stereocenters. The molecule has 6 rings (SSSR count). The van der Waals surface area contributed by atoms with E-state index < -0.39 is 203 Å². The van der Waals surface area contributed by atoms with Gasteiger partial charge < -0.3 is 134 Å². The summed E-state index contributed by atoms with van der Waals surface area (Å²) < 4.78 is 63.1. The Morgan fingerprint density at radius 1 is 0.394 bits per heavy atom. The van der Waals surface area contributed by atoms with Crippen molar-refractivity contribution in [3.05, 3.63) is 0 Å². The monoisotopic (exact) mass is 967 g/mol. The predicted molar refractivity (Wildman–Crippen MR) is 205 cm³/mol. The molecular formula is C38H65NO27. The Hall–Kier alpha value is -1.57. The molecule has 0 aromatic rings. The Morgan fingerprint density at radius 2 is 0.788 bits per heavy atom. The van der Waals surface area contributed by atoms with Crippen molar-refractivity contribution >= 4 is 5.91 Å². The van der Waals surface area contributed by atoms with E-state index in [0.717, 1.165) is 6.92 Å². The van der Waals surface area contributed by atoms with E-state index in [-0.39, 0.29) is 0 Å². The third-order valence-corrected chi connectivity index (χ3v) is 12.7. The molecule has 6 aliphatic rings. The molecule has 28 nitrogen and oxygen atoms in total. The highest BCUT2D eigenvalue weighted by Gasteiger charge is 2.57. The summed E-state index contributed by atoms with van der Waals surface area (Å²) in [7, 11) is 0. The largest absolute Gasteiger partial charge is 0.394 e. The lowest BCUT2D eigenvalue weighted by molar-refractivity contribution is -0.395. The molecule has 0 aromatic heterocycles. The number of rotatable bonds is 13. The second kappa shape index (κ2) is 22.2. The molecule has 6 aliphatic heterocycles. The van der Waals surface area contributed by atoms with Crippen LogP contribution in [0, 0.1) is 0 Å². The maximum absolute atomic E-state index is 12.8. The van der Waals surface area contributed by atoms with Crippen LogP contribution in [-0.2, 0) is 56.9 Å². The summed E-state index contributed by atoms with van der Waals surface area (Å²) in [4.78, 5) is 12.8.